The first-order valence-electron chi connectivity index (χ1n) is 5.35. The molecule has 0 saturated heterocycles. The molecule has 0 spiro atoms. The van der Waals surface area contributed by atoms with Crippen LogP contribution in [0.1, 0.15) is 15.9 Å². The number of hydrogen-bond acceptors (Lipinski definition) is 2. The first-order valence-corrected chi connectivity index (χ1v) is 5.35. The molecular weight excluding hydrogens is 200 g/mol. The van der Waals surface area contributed by atoms with Crippen molar-refractivity contribution >= 4 is 22.4 Å². The Bertz CT molecular complexity index is 590. The first kappa shape index (κ1) is 9.21. The molecule has 16 heavy (non-hydrogen) atoms. The van der Waals surface area contributed by atoms with Crippen LogP contribution in [0.25, 0.3) is 10.8 Å². The average molecular weight is 212 g/mol. The van der Waals surface area contributed by atoms with Crippen LogP contribution in [-0.4, -0.2) is 12.5 Å². The number of primary amides is 1. The Morgan fingerprint density at radius 2 is 2.06 bits per heavy atom. The molecule has 3 rings (SSSR count). The van der Waals surface area contributed by atoms with Crippen LogP contribution in [0.15, 0.2) is 30.3 Å². The van der Waals surface area contributed by atoms with Gasteiger partial charge in [0.2, 0.25) is 5.91 Å². The maximum Gasteiger partial charge on any atom is 0.249 e. The van der Waals surface area contributed by atoms with Crippen LogP contribution in [0.3, 0.4) is 0 Å². The van der Waals surface area contributed by atoms with Gasteiger partial charge in [-0.15, -0.1) is 0 Å². The van der Waals surface area contributed by atoms with Gasteiger partial charge in [-0.25, -0.2) is 0 Å². The lowest BCUT2D eigenvalue weighted by atomic mass is 9.98. The molecule has 3 N–H and O–H groups in total. The van der Waals surface area contributed by atoms with Crippen molar-refractivity contribution < 1.29 is 4.79 Å². The number of carbonyl (C=O) groups excluding carboxylic acids is 1. The normalized spacial score (nSPS) is 13.5. The van der Waals surface area contributed by atoms with E-state index in [4.69, 9.17) is 5.73 Å². The summed E-state index contributed by atoms with van der Waals surface area (Å²) in [6.07, 6.45) is 1.01. The predicted octanol–water partition coefficient (Wildman–Crippen LogP) is 1.91. The van der Waals surface area contributed by atoms with Crippen molar-refractivity contribution in [1.82, 2.24) is 0 Å². The quantitative estimate of drug-likeness (QED) is 0.758. The second kappa shape index (κ2) is 3.23. The van der Waals surface area contributed by atoms with Gasteiger partial charge in [-0.05, 0) is 34.9 Å². The minimum Gasteiger partial charge on any atom is -0.384 e. The molecule has 80 valence electrons. The molecular formula is C13H12N2O. The lowest BCUT2D eigenvalue weighted by Gasteiger charge is -2.07. The van der Waals surface area contributed by atoms with Gasteiger partial charge in [-0.3, -0.25) is 4.79 Å². The third-order valence-corrected chi connectivity index (χ3v) is 3.13. The number of hydrogen-bond donors (Lipinski definition) is 2. The highest BCUT2D eigenvalue weighted by Crippen LogP contribution is 2.31. The van der Waals surface area contributed by atoms with Gasteiger partial charge in [0.05, 0.1) is 0 Å². The Morgan fingerprint density at radius 1 is 1.19 bits per heavy atom. The Hall–Kier alpha value is -2.03. The molecule has 1 aliphatic heterocycles. The van der Waals surface area contributed by atoms with Gasteiger partial charge in [0.25, 0.3) is 0 Å². The summed E-state index contributed by atoms with van der Waals surface area (Å²) < 4.78 is 0. The van der Waals surface area contributed by atoms with E-state index in [1.165, 1.54) is 11.3 Å². The van der Waals surface area contributed by atoms with Crippen molar-refractivity contribution in [3.8, 4) is 0 Å². The molecule has 0 aliphatic carbocycles. The van der Waals surface area contributed by atoms with Gasteiger partial charge in [0.15, 0.2) is 0 Å². The van der Waals surface area contributed by atoms with Crippen molar-refractivity contribution in [1.29, 1.82) is 0 Å². The molecule has 0 saturated carbocycles. The topological polar surface area (TPSA) is 55.1 Å². The molecule has 3 heteroatoms. The van der Waals surface area contributed by atoms with Crippen molar-refractivity contribution in [3.63, 3.8) is 0 Å². The van der Waals surface area contributed by atoms with Crippen molar-refractivity contribution in [2.24, 2.45) is 5.73 Å². The van der Waals surface area contributed by atoms with Crippen molar-refractivity contribution in [2.45, 2.75) is 6.42 Å². The fraction of sp³-hybridized carbons (Fsp3) is 0.154. The molecule has 1 amide bonds. The van der Waals surface area contributed by atoms with Gasteiger partial charge >= 0.3 is 0 Å². The van der Waals surface area contributed by atoms with Gasteiger partial charge in [-0.1, -0.05) is 18.2 Å². The minimum atomic E-state index is -0.364. The number of benzene rings is 2. The van der Waals surface area contributed by atoms with Crippen molar-refractivity contribution in [3.05, 3.63) is 41.5 Å². The highest BCUT2D eigenvalue weighted by Gasteiger charge is 2.15. The smallest absolute Gasteiger partial charge is 0.249 e. The van der Waals surface area contributed by atoms with E-state index in [2.05, 4.69) is 5.32 Å². The van der Waals surface area contributed by atoms with E-state index in [0.717, 1.165) is 23.7 Å². The summed E-state index contributed by atoms with van der Waals surface area (Å²) >= 11 is 0. The van der Waals surface area contributed by atoms with Crippen LogP contribution in [0, 0.1) is 0 Å². The second-order valence-corrected chi connectivity index (χ2v) is 4.03. The molecule has 0 bridgehead atoms. The third-order valence-electron chi connectivity index (χ3n) is 3.13. The number of fused-ring (bicyclic) bond motifs is 3. The van der Waals surface area contributed by atoms with E-state index >= 15 is 0 Å². The zero-order valence-electron chi connectivity index (χ0n) is 8.79. The van der Waals surface area contributed by atoms with Gasteiger partial charge in [-0.2, -0.15) is 0 Å². The number of carbonyl (C=O) groups is 1. The summed E-state index contributed by atoms with van der Waals surface area (Å²) in [5.74, 6) is -0.364. The average Bonchev–Trinajstić information content (AvgIpc) is 2.76. The molecule has 0 unspecified atom stereocenters. The molecule has 0 aromatic heterocycles. The number of anilines is 1. The molecule has 0 atom stereocenters. The monoisotopic (exact) mass is 212 g/mol. The molecule has 2 aromatic carbocycles. The largest absolute Gasteiger partial charge is 0.384 e. The molecule has 2 aromatic rings. The van der Waals surface area contributed by atoms with Gasteiger partial charge in [0.1, 0.15) is 0 Å². The number of nitrogens with one attached hydrogen (secondary N) is 1. The summed E-state index contributed by atoms with van der Waals surface area (Å²) in [6.45, 7) is 0.968. The SMILES string of the molecule is NC(=O)c1cccc2c3c(ccc12)NCC3. The van der Waals surface area contributed by atoms with E-state index < -0.39 is 0 Å². The Labute approximate surface area is 93.3 Å². The Morgan fingerprint density at radius 3 is 2.88 bits per heavy atom. The lowest BCUT2D eigenvalue weighted by Crippen LogP contribution is -2.11. The van der Waals surface area contributed by atoms with E-state index in [-0.39, 0.29) is 5.91 Å². The van der Waals surface area contributed by atoms with Crippen LogP contribution >= 0.6 is 0 Å². The van der Waals surface area contributed by atoms with Gasteiger partial charge < -0.3 is 11.1 Å². The molecule has 3 nitrogen and oxygen atoms in total. The van der Waals surface area contributed by atoms with E-state index in [9.17, 15) is 4.79 Å². The summed E-state index contributed by atoms with van der Waals surface area (Å²) in [5.41, 5.74) is 8.44. The van der Waals surface area contributed by atoms with E-state index in [1.54, 1.807) is 6.07 Å². The fourth-order valence-corrected chi connectivity index (χ4v) is 2.39. The predicted molar refractivity (Wildman–Crippen MR) is 64.7 cm³/mol. The first-order chi connectivity index (χ1) is 7.77. The van der Waals surface area contributed by atoms with E-state index in [1.807, 2.05) is 24.3 Å². The molecule has 0 radical (unpaired) electrons. The zero-order valence-corrected chi connectivity index (χ0v) is 8.79. The second-order valence-electron chi connectivity index (χ2n) is 4.03. The summed E-state index contributed by atoms with van der Waals surface area (Å²) in [6, 6.07) is 9.71. The summed E-state index contributed by atoms with van der Waals surface area (Å²) in [7, 11) is 0. The molecule has 1 heterocycles. The third kappa shape index (κ3) is 1.18. The molecule has 0 fully saturated rings. The summed E-state index contributed by atoms with van der Waals surface area (Å²) in [4.78, 5) is 11.3. The maximum atomic E-state index is 11.3. The highest BCUT2D eigenvalue weighted by molar-refractivity contribution is 6.08. The van der Waals surface area contributed by atoms with Crippen LogP contribution in [-0.2, 0) is 6.42 Å². The van der Waals surface area contributed by atoms with Crippen LogP contribution < -0.4 is 11.1 Å². The van der Waals surface area contributed by atoms with Crippen LogP contribution in [0.2, 0.25) is 0 Å². The summed E-state index contributed by atoms with van der Waals surface area (Å²) in [5, 5.41) is 5.42. The number of rotatable bonds is 1. The molecule has 1 aliphatic rings. The number of amides is 1. The Balaban J connectivity index is 2.39. The minimum absolute atomic E-state index is 0.364. The lowest BCUT2D eigenvalue weighted by molar-refractivity contribution is 0.100. The van der Waals surface area contributed by atoms with Crippen molar-refractivity contribution in [2.75, 3.05) is 11.9 Å². The fourth-order valence-electron chi connectivity index (χ4n) is 2.39. The Kier molecular flexibility index (Phi) is 1.86. The number of nitrogens with two attached hydrogens (primary N) is 1. The van der Waals surface area contributed by atoms with Crippen LogP contribution in [0.5, 0.6) is 0 Å². The van der Waals surface area contributed by atoms with Crippen LogP contribution in [0.4, 0.5) is 5.69 Å². The maximum absolute atomic E-state index is 11.3. The van der Waals surface area contributed by atoms with E-state index in [0.29, 0.717) is 5.56 Å². The highest BCUT2D eigenvalue weighted by atomic mass is 16.1. The standard InChI is InChI=1S/C13H12N2O/c14-13(16)11-3-1-2-8-9(11)4-5-12-10(8)6-7-15-12/h1-5,15H,6-7H2,(H2,14,16). The van der Waals surface area contributed by atoms with Gasteiger partial charge in [0, 0.05) is 17.8 Å². The zero-order chi connectivity index (χ0) is 11.1.